The van der Waals surface area contributed by atoms with Gasteiger partial charge in [-0.1, -0.05) is 0 Å². The number of nitrogens with two attached hydrogens (primary N) is 1. The number of hydrogen-bond acceptors (Lipinski definition) is 5. The van der Waals surface area contributed by atoms with Gasteiger partial charge in [-0.25, -0.2) is 4.79 Å². The highest BCUT2D eigenvalue weighted by atomic mass is 16.5. The molecule has 3 N–H and O–H groups in total. The Kier molecular flexibility index (Phi) is 3.41. The number of aromatic nitrogens is 3. The van der Waals surface area contributed by atoms with E-state index in [0.29, 0.717) is 18.7 Å². The van der Waals surface area contributed by atoms with E-state index in [1.807, 2.05) is 13.8 Å². The van der Waals surface area contributed by atoms with E-state index in [1.165, 1.54) is 0 Å². The fourth-order valence-electron chi connectivity index (χ4n) is 1.17. The van der Waals surface area contributed by atoms with Gasteiger partial charge in [-0.2, -0.15) is 10.3 Å². The van der Waals surface area contributed by atoms with Crippen LogP contribution in [0.15, 0.2) is 0 Å². The largest absolute Gasteiger partial charge is 0.461 e. The number of carbonyl (C=O) groups is 1. The molecule has 1 aromatic heterocycles. The summed E-state index contributed by atoms with van der Waals surface area (Å²) >= 11 is 0. The summed E-state index contributed by atoms with van der Waals surface area (Å²) in [5.74, 6) is -0.467. The quantitative estimate of drug-likeness (QED) is 0.698. The number of carbonyl (C=O) groups excluding carboxylic acids is 1. The van der Waals surface area contributed by atoms with Crippen LogP contribution in [0.5, 0.6) is 0 Å². The number of aromatic amines is 1. The molecule has 0 amide bonds. The molecule has 0 unspecified atom stereocenters. The zero-order valence-corrected chi connectivity index (χ0v) is 9.20. The van der Waals surface area contributed by atoms with Crippen molar-refractivity contribution in [2.45, 2.75) is 32.7 Å². The van der Waals surface area contributed by atoms with Gasteiger partial charge in [0.1, 0.15) is 0 Å². The Morgan fingerprint density at radius 3 is 2.73 bits per heavy atom. The lowest BCUT2D eigenvalue weighted by atomic mass is 9.99. The van der Waals surface area contributed by atoms with E-state index in [2.05, 4.69) is 15.4 Å². The van der Waals surface area contributed by atoms with Gasteiger partial charge in [-0.3, -0.25) is 0 Å². The average molecular weight is 212 g/mol. The summed E-state index contributed by atoms with van der Waals surface area (Å²) in [4.78, 5) is 11.4. The molecule has 6 nitrogen and oxygen atoms in total. The van der Waals surface area contributed by atoms with Crippen LogP contribution < -0.4 is 5.73 Å². The molecule has 84 valence electrons. The summed E-state index contributed by atoms with van der Waals surface area (Å²) in [6.07, 6.45) is 0.470. The van der Waals surface area contributed by atoms with Gasteiger partial charge in [-0.05, 0) is 20.8 Å². The third kappa shape index (κ3) is 3.32. The number of H-pyrrole nitrogens is 1. The van der Waals surface area contributed by atoms with Crippen LogP contribution in [0, 0.1) is 0 Å². The molecule has 0 spiro atoms. The van der Waals surface area contributed by atoms with Crippen LogP contribution in [-0.2, 0) is 11.2 Å². The summed E-state index contributed by atoms with van der Waals surface area (Å²) in [7, 11) is 0. The molecular formula is C9H16N4O2. The average Bonchev–Trinajstić information content (AvgIpc) is 2.49. The van der Waals surface area contributed by atoms with Gasteiger partial charge in [0.25, 0.3) is 0 Å². The van der Waals surface area contributed by atoms with Crippen LogP contribution in [0.2, 0.25) is 0 Å². The molecule has 0 aromatic carbocycles. The van der Waals surface area contributed by atoms with Crippen molar-refractivity contribution in [3.63, 3.8) is 0 Å². The zero-order chi connectivity index (χ0) is 11.5. The van der Waals surface area contributed by atoms with Gasteiger partial charge >= 0.3 is 5.97 Å². The normalized spacial score (nSPS) is 11.5. The minimum Gasteiger partial charge on any atom is -0.461 e. The SMILES string of the molecule is CCOC(=O)c1n[nH]nc1CC(C)(C)N. The first-order valence-corrected chi connectivity index (χ1v) is 4.79. The molecular weight excluding hydrogens is 196 g/mol. The molecule has 6 heteroatoms. The van der Waals surface area contributed by atoms with Gasteiger partial charge in [0.15, 0.2) is 5.69 Å². The van der Waals surface area contributed by atoms with E-state index >= 15 is 0 Å². The van der Waals surface area contributed by atoms with Gasteiger partial charge in [0.2, 0.25) is 0 Å². The minimum absolute atomic E-state index is 0.218. The van der Waals surface area contributed by atoms with Gasteiger partial charge < -0.3 is 10.5 Å². The van der Waals surface area contributed by atoms with Crippen LogP contribution in [0.1, 0.15) is 37.0 Å². The fraction of sp³-hybridized carbons (Fsp3) is 0.667. The van der Waals surface area contributed by atoms with Gasteiger partial charge in [0, 0.05) is 12.0 Å². The molecule has 0 aliphatic rings. The lowest BCUT2D eigenvalue weighted by Gasteiger charge is -2.16. The lowest BCUT2D eigenvalue weighted by molar-refractivity contribution is 0.0518. The Balaban J connectivity index is 2.82. The Labute approximate surface area is 88.2 Å². The standard InChI is InChI=1S/C9H16N4O2/c1-4-15-8(14)7-6(11-13-12-7)5-9(2,3)10/h4-5,10H2,1-3H3,(H,11,12,13). The summed E-state index contributed by atoms with van der Waals surface area (Å²) in [6.45, 7) is 5.77. The number of rotatable bonds is 4. The van der Waals surface area contributed by atoms with Crippen LogP contribution in [0.4, 0.5) is 0 Å². The number of nitrogens with one attached hydrogen (secondary N) is 1. The van der Waals surface area contributed by atoms with Crippen molar-refractivity contribution in [3.05, 3.63) is 11.4 Å². The highest BCUT2D eigenvalue weighted by molar-refractivity contribution is 5.88. The third-order valence-corrected chi connectivity index (χ3v) is 1.71. The Hall–Kier alpha value is -1.43. The van der Waals surface area contributed by atoms with Crippen LogP contribution >= 0.6 is 0 Å². The highest BCUT2D eigenvalue weighted by Gasteiger charge is 2.22. The fourth-order valence-corrected chi connectivity index (χ4v) is 1.17. The molecule has 0 radical (unpaired) electrons. The Morgan fingerprint density at radius 2 is 2.20 bits per heavy atom. The second kappa shape index (κ2) is 4.39. The zero-order valence-electron chi connectivity index (χ0n) is 9.20. The lowest BCUT2D eigenvalue weighted by Crippen LogP contribution is -2.35. The smallest absolute Gasteiger partial charge is 0.360 e. The summed E-state index contributed by atoms with van der Waals surface area (Å²) in [5, 5.41) is 10.0. The molecule has 1 heterocycles. The van der Waals surface area contributed by atoms with Crippen molar-refractivity contribution in [1.82, 2.24) is 15.4 Å². The van der Waals surface area contributed by atoms with E-state index < -0.39 is 11.5 Å². The van der Waals surface area contributed by atoms with E-state index in [-0.39, 0.29) is 5.69 Å². The predicted molar refractivity (Wildman–Crippen MR) is 54.3 cm³/mol. The van der Waals surface area contributed by atoms with Crippen molar-refractivity contribution in [1.29, 1.82) is 0 Å². The van der Waals surface area contributed by atoms with E-state index in [4.69, 9.17) is 10.5 Å². The highest BCUT2D eigenvalue weighted by Crippen LogP contribution is 2.11. The van der Waals surface area contributed by atoms with Crippen molar-refractivity contribution in [2.75, 3.05) is 6.61 Å². The summed E-state index contributed by atoms with van der Waals surface area (Å²) in [6, 6.07) is 0. The molecule has 1 rings (SSSR count). The predicted octanol–water partition coefficient (Wildman–Crippen LogP) is 0.261. The van der Waals surface area contributed by atoms with E-state index in [1.54, 1.807) is 6.92 Å². The first kappa shape index (κ1) is 11.6. The number of ether oxygens (including phenoxy) is 1. The molecule has 0 atom stereocenters. The van der Waals surface area contributed by atoms with Crippen LogP contribution in [0.25, 0.3) is 0 Å². The molecule has 0 fully saturated rings. The molecule has 0 saturated heterocycles. The number of nitrogens with zero attached hydrogens (tertiary/aromatic N) is 2. The van der Waals surface area contributed by atoms with E-state index in [9.17, 15) is 4.79 Å². The molecule has 0 saturated carbocycles. The van der Waals surface area contributed by atoms with Crippen molar-refractivity contribution < 1.29 is 9.53 Å². The maximum atomic E-state index is 11.4. The van der Waals surface area contributed by atoms with Gasteiger partial charge in [-0.15, -0.1) is 5.10 Å². The van der Waals surface area contributed by atoms with Crippen molar-refractivity contribution in [3.8, 4) is 0 Å². The van der Waals surface area contributed by atoms with Crippen LogP contribution in [-0.4, -0.2) is 33.5 Å². The first-order chi connectivity index (χ1) is 6.94. The van der Waals surface area contributed by atoms with Gasteiger partial charge in [0.05, 0.1) is 12.3 Å². The second-order valence-corrected chi connectivity index (χ2v) is 4.00. The van der Waals surface area contributed by atoms with Crippen LogP contribution in [0.3, 0.4) is 0 Å². The first-order valence-electron chi connectivity index (χ1n) is 4.79. The molecule has 1 aromatic rings. The summed E-state index contributed by atoms with van der Waals surface area (Å²) in [5.41, 5.74) is 6.16. The van der Waals surface area contributed by atoms with E-state index in [0.717, 1.165) is 0 Å². The Bertz CT molecular complexity index is 340. The second-order valence-electron chi connectivity index (χ2n) is 4.00. The molecule has 15 heavy (non-hydrogen) atoms. The molecule has 0 bridgehead atoms. The molecule has 0 aliphatic heterocycles. The van der Waals surface area contributed by atoms with Crippen molar-refractivity contribution >= 4 is 5.97 Å². The maximum Gasteiger partial charge on any atom is 0.360 e. The van der Waals surface area contributed by atoms with Crippen molar-refractivity contribution in [2.24, 2.45) is 5.73 Å². The minimum atomic E-state index is -0.467. The monoisotopic (exact) mass is 212 g/mol. The molecule has 0 aliphatic carbocycles. The number of hydrogen-bond donors (Lipinski definition) is 2. The Morgan fingerprint density at radius 1 is 1.53 bits per heavy atom. The maximum absolute atomic E-state index is 11.4. The number of esters is 1. The third-order valence-electron chi connectivity index (χ3n) is 1.71. The summed E-state index contributed by atoms with van der Waals surface area (Å²) < 4.78 is 4.84. The topological polar surface area (TPSA) is 93.9 Å².